The average Bonchev–Trinajstić information content (AvgIpc) is 2.71. The molecular formula is C11H13ClN4O2. The highest BCUT2D eigenvalue weighted by Gasteiger charge is 2.21. The van der Waals surface area contributed by atoms with Crippen LogP contribution in [0.3, 0.4) is 0 Å². The number of hydrogen-bond donors (Lipinski definition) is 2. The zero-order valence-corrected chi connectivity index (χ0v) is 10.8. The van der Waals surface area contributed by atoms with Crippen molar-refractivity contribution >= 4 is 23.2 Å². The topological polar surface area (TPSA) is 79.5 Å². The van der Waals surface area contributed by atoms with Crippen LogP contribution in [0.2, 0.25) is 5.15 Å². The third-order valence-electron chi connectivity index (χ3n) is 2.37. The average molecular weight is 269 g/mol. The molecule has 0 fully saturated rings. The quantitative estimate of drug-likeness (QED) is 0.866. The summed E-state index contributed by atoms with van der Waals surface area (Å²) in [5.74, 6) is -0.365. The van der Waals surface area contributed by atoms with Crippen molar-refractivity contribution in [3.05, 3.63) is 29.2 Å². The van der Waals surface area contributed by atoms with E-state index >= 15 is 0 Å². The Balaban J connectivity index is 2.28. The summed E-state index contributed by atoms with van der Waals surface area (Å²) in [4.78, 5) is 16.0. The molecule has 0 aliphatic carbocycles. The fourth-order valence-corrected chi connectivity index (χ4v) is 1.52. The predicted octanol–water partition coefficient (Wildman–Crippen LogP) is 0.883. The second-order valence-corrected chi connectivity index (χ2v) is 4.97. The first-order valence-corrected chi connectivity index (χ1v) is 5.74. The monoisotopic (exact) mass is 268 g/mol. The highest BCUT2D eigenvalue weighted by molar-refractivity contribution is 6.29. The summed E-state index contributed by atoms with van der Waals surface area (Å²) < 4.78 is 1.43. The number of fused-ring (bicyclic) bond motifs is 1. The molecule has 0 unspecified atom stereocenters. The molecule has 2 heterocycles. The molecule has 7 heteroatoms. The van der Waals surface area contributed by atoms with E-state index in [4.69, 9.17) is 16.7 Å². The number of carbonyl (C=O) groups is 1. The largest absolute Gasteiger partial charge is 0.394 e. The van der Waals surface area contributed by atoms with Crippen LogP contribution in [0.15, 0.2) is 18.3 Å². The Morgan fingerprint density at radius 3 is 2.94 bits per heavy atom. The van der Waals surface area contributed by atoms with Gasteiger partial charge in [0.1, 0.15) is 10.8 Å². The Kier molecular flexibility index (Phi) is 3.23. The molecule has 0 aromatic carbocycles. The van der Waals surface area contributed by atoms with Crippen molar-refractivity contribution in [3.8, 4) is 0 Å². The van der Waals surface area contributed by atoms with Gasteiger partial charge in [0.15, 0.2) is 5.65 Å². The number of imidazole rings is 1. The molecule has 0 saturated heterocycles. The Bertz CT molecular complexity index is 594. The van der Waals surface area contributed by atoms with Crippen molar-refractivity contribution in [1.82, 2.24) is 19.9 Å². The van der Waals surface area contributed by atoms with Gasteiger partial charge < -0.3 is 10.4 Å². The Labute approximate surface area is 109 Å². The van der Waals surface area contributed by atoms with E-state index in [0.717, 1.165) is 0 Å². The molecule has 96 valence electrons. The zero-order valence-electron chi connectivity index (χ0n) is 10.0. The first-order valence-electron chi connectivity index (χ1n) is 5.36. The van der Waals surface area contributed by atoms with Crippen LogP contribution in [-0.4, -0.2) is 37.8 Å². The van der Waals surface area contributed by atoms with Gasteiger partial charge in [-0.25, -0.2) is 9.50 Å². The highest BCUT2D eigenvalue weighted by Crippen LogP contribution is 2.09. The molecule has 0 radical (unpaired) electrons. The first-order chi connectivity index (χ1) is 8.41. The molecule has 0 aliphatic rings. The van der Waals surface area contributed by atoms with Crippen LogP contribution in [0.5, 0.6) is 0 Å². The summed E-state index contributed by atoms with van der Waals surface area (Å²) in [5, 5.41) is 16.1. The molecule has 0 atom stereocenters. The van der Waals surface area contributed by atoms with Gasteiger partial charge in [-0.3, -0.25) is 4.79 Å². The fraction of sp³-hybridized carbons (Fsp3) is 0.364. The molecule has 2 aromatic heterocycles. The van der Waals surface area contributed by atoms with Crippen molar-refractivity contribution in [2.45, 2.75) is 19.4 Å². The molecule has 0 aliphatic heterocycles. The molecule has 1 amide bonds. The second-order valence-electron chi connectivity index (χ2n) is 4.58. The smallest absolute Gasteiger partial charge is 0.272 e. The standard InChI is InChI=1S/C11H13ClN4O2/c1-11(2,6-17)14-10(18)7-5-16-9(13-7)4-3-8(12)15-16/h3-5,17H,6H2,1-2H3,(H,14,18). The lowest BCUT2D eigenvalue weighted by Gasteiger charge is -2.22. The van der Waals surface area contributed by atoms with Gasteiger partial charge in [0.2, 0.25) is 0 Å². The first kappa shape index (κ1) is 12.8. The Morgan fingerprint density at radius 2 is 2.28 bits per heavy atom. The van der Waals surface area contributed by atoms with Gasteiger partial charge in [-0.1, -0.05) is 11.6 Å². The lowest BCUT2D eigenvalue weighted by molar-refractivity contribution is 0.0865. The van der Waals surface area contributed by atoms with Gasteiger partial charge in [0.25, 0.3) is 5.91 Å². The van der Waals surface area contributed by atoms with Crippen LogP contribution in [-0.2, 0) is 0 Å². The molecular weight excluding hydrogens is 256 g/mol. The number of rotatable bonds is 3. The molecule has 0 bridgehead atoms. The maximum absolute atomic E-state index is 11.9. The number of aromatic nitrogens is 3. The van der Waals surface area contributed by atoms with Crippen molar-refractivity contribution in [3.63, 3.8) is 0 Å². The van der Waals surface area contributed by atoms with Crippen molar-refractivity contribution in [2.24, 2.45) is 0 Å². The number of nitrogens with zero attached hydrogens (tertiary/aromatic N) is 3. The number of amides is 1. The van der Waals surface area contributed by atoms with E-state index in [2.05, 4.69) is 15.4 Å². The third-order valence-corrected chi connectivity index (χ3v) is 2.57. The summed E-state index contributed by atoms with van der Waals surface area (Å²) in [6.07, 6.45) is 1.49. The van der Waals surface area contributed by atoms with Crippen LogP contribution in [0.4, 0.5) is 0 Å². The molecule has 18 heavy (non-hydrogen) atoms. The molecule has 6 nitrogen and oxygen atoms in total. The number of carbonyl (C=O) groups excluding carboxylic acids is 1. The predicted molar refractivity (Wildman–Crippen MR) is 66.6 cm³/mol. The number of nitrogens with one attached hydrogen (secondary N) is 1. The number of aliphatic hydroxyl groups excluding tert-OH is 1. The number of hydrogen-bond acceptors (Lipinski definition) is 4. The lowest BCUT2D eigenvalue weighted by Crippen LogP contribution is -2.46. The third kappa shape index (κ3) is 2.60. The van der Waals surface area contributed by atoms with E-state index in [0.29, 0.717) is 10.8 Å². The highest BCUT2D eigenvalue weighted by atomic mass is 35.5. The molecule has 0 saturated carbocycles. The summed E-state index contributed by atoms with van der Waals surface area (Å²) in [6, 6.07) is 3.27. The van der Waals surface area contributed by atoms with Crippen LogP contribution in [0.1, 0.15) is 24.3 Å². The van der Waals surface area contributed by atoms with E-state index in [1.807, 2.05) is 0 Å². The van der Waals surface area contributed by atoms with Crippen LogP contribution < -0.4 is 5.32 Å². The minimum atomic E-state index is -0.696. The Morgan fingerprint density at radius 1 is 1.56 bits per heavy atom. The summed E-state index contributed by atoms with van der Waals surface area (Å²) in [5.41, 5.74) is 0.0652. The van der Waals surface area contributed by atoms with Crippen LogP contribution >= 0.6 is 11.6 Å². The molecule has 2 aromatic rings. The maximum Gasteiger partial charge on any atom is 0.272 e. The van der Waals surface area contributed by atoms with E-state index in [1.165, 1.54) is 10.7 Å². The molecule has 0 spiro atoms. The lowest BCUT2D eigenvalue weighted by atomic mass is 10.1. The fourth-order valence-electron chi connectivity index (χ4n) is 1.38. The summed E-state index contributed by atoms with van der Waals surface area (Å²) in [7, 11) is 0. The molecule has 2 rings (SSSR count). The van der Waals surface area contributed by atoms with E-state index < -0.39 is 5.54 Å². The van der Waals surface area contributed by atoms with Crippen molar-refractivity contribution < 1.29 is 9.90 Å². The van der Waals surface area contributed by atoms with Gasteiger partial charge >= 0.3 is 0 Å². The molecule has 2 N–H and O–H groups in total. The maximum atomic E-state index is 11.9. The van der Waals surface area contributed by atoms with Gasteiger partial charge in [-0.15, -0.1) is 0 Å². The zero-order chi connectivity index (χ0) is 13.3. The summed E-state index contributed by atoms with van der Waals surface area (Å²) in [6.45, 7) is 3.28. The van der Waals surface area contributed by atoms with E-state index in [1.54, 1.807) is 26.0 Å². The van der Waals surface area contributed by atoms with Crippen molar-refractivity contribution in [2.75, 3.05) is 6.61 Å². The van der Waals surface area contributed by atoms with Crippen LogP contribution in [0.25, 0.3) is 5.65 Å². The second kappa shape index (κ2) is 4.55. The van der Waals surface area contributed by atoms with Gasteiger partial charge in [0, 0.05) is 0 Å². The minimum Gasteiger partial charge on any atom is -0.394 e. The van der Waals surface area contributed by atoms with E-state index in [9.17, 15) is 4.79 Å². The van der Waals surface area contributed by atoms with Gasteiger partial charge in [0.05, 0.1) is 18.3 Å². The summed E-state index contributed by atoms with van der Waals surface area (Å²) >= 11 is 5.74. The van der Waals surface area contributed by atoms with Gasteiger partial charge in [-0.2, -0.15) is 5.10 Å². The van der Waals surface area contributed by atoms with Crippen LogP contribution in [0, 0.1) is 0 Å². The minimum absolute atomic E-state index is 0.157. The Hall–Kier alpha value is -1.66. The SMILES string of the molecule is CC(C)(CO)NC(=O)c1cn2nc(Cl)ccc2n1. The van der Waals surface area contributed by atoms with Crippen molar-refractivity contribution in [1.29, 1.82) is 0 Å². The normalized spacial score (nSPS) is 11.8. The number of aliphatic hydroxyl groups is 1. The van der Waals surface area contributed by atoms with Gasteiger partial charge in [-0.05, 0) is 26.0 Å². The van der Waals surface area contributed by atoms with E-state index in [-0.39, 0.29) is 18.2 Å². The number of halogens is 1.